The first-order valence-electron chi connectivity index (χ1n) is 11.1. The molecule has 0 unspecified atom stereocenters. The Bertz CT molecular complexity index is 1080. The van der Waals surface area contributed by atoms with Crippen LogP contribution in [0.4, 0.5) is 5.13 Å². The molecular formula is C24H28N4O2S. The van der Waals surface area contributed by atoms with Gasteiger partial charge >= 0.3 is 0 Å². The third-order valence-electron chi connectivity index (χ3n) is 6.30. The van der Waals surface area contributed by atoms with Crippen molar-refractivity contribution < 1.29 is 9.53 Å². The summed E-state index contributed by atoms with van der Waals surface area (Å²) in [4.78, 5) is 29.7. The SMILES string of the molecule is COCc1nc(C2CC2)c2sc(N3CCC[C@@H]3C(=O)C[C@H](C)c3ccccc3)nc2n1. The Morgan fingerprint density at radius 3 is 2.74 bits per heavy atom. The number of fused-ring (bicyclic) bond motifs is 1. The van der Waals surface area contributed by atoms with E-state index >= 15 is 0 Å². The van der Waals surface area contributed by atoms with E-state index in [9.17, 15) is 4.79 Å². The molecule has 2 aromatic heterocycles. The molecule has 2 atom stereocenters. The van der Waals surface area contributed by atoms with Gasteiger partial charge in [-0.2, -0.15) is 4.98 Å². The molecule has 3 heterocycles. The van der Waals surface area contributed by atoms with Crippen LogP contribution in [-0.4, -0.2) is 40.4 Å². The fraction of sp³-hybridized carbons (Fsp3) is 0.500. The quantitative estimate of drug-likeness (QED) is 0.503. The van der Waals surface area contributed by atoms with Gasteiger partial charge in [0.15, 0.2) is 22.4 Å². The highest BCUT2D eigenvalue weighted by Gasteiger charge is 2.35. The number of ether oxygens (including phenoxy) is 1. The van der Waals surface area contributed by atoms with Gasteiger partial charge < -0.3 is 9.64 Å². The average Bonchev–Trinajstić information content (AvgIpc) is 3.34. The van der Waals surface area contributed by atoms with Crippen molar-refractivity contribution in [3.8, 4) is 0 Å². The Morgan fingerprint density at radius 2 is 2.00 bits per heavy atom. The second kappa shape index (κ2) is 8.63. The van der Waals surface area contributed by atoms with E-state index in [2.05, 4.69) is 28.9 Å². The number of carbonyl (C=O) groups excluding carboxylic acids is 1. The summed E-state index contributed by atoms with van der Waals surface area (Å²) in [6, 6.07) is 10.2. The summed E-state index contributed by atoms with van der Waals surface area (Å²) in [5, 5.41) is 0.906. The highest BCUT2D eigenvalue weighted by atomic mass is 32.1. The molecule has 0 bridgehead atoms. The van der Waals surface area contributed by atoms with Gasteiger partial charge in [0, 0.05) is 26.0 Å². The molecule has 3 aromatic rings. The van der Waals surface area contributed by atoms with Gasteiger partial charge in [0.2, 0.25) is 0 Å². The Labute approximate surface area is 186 Å². The zero-order valence-electron chi connectivity index (χ0n) is 18.1. The van der Waals surface area contributed by atoms with Gasteiger partial charge in [0.1, 0.15) is 6.61 Å². The zero-order chi connectivity index (χ0) is 21.4. The minimum Gasteiger partial charge on any atom is -0.377 e. The second-order valence-corrected chi connectivity index (χ2v) is 9.69. The van der Waals surface area contributed by atoms with Gasteiger partial charge in [0.25, 0.3) is 0 Å². The summed E-state index contributed by atoms with van der Waals surface area (Å²) >= 11 is 1.65. The Morgan fingerprint density at radius 1 is 1.19 bits per heavy atom. The molecule has 1 aliphatic carbocycles. The number of benzene rings is 1. The van der Waals surface area contributed by atoms with Crippen molar-refractivity contribution in [1.82, 2.24) is 15.0 Å². The molecule has 2 aliphatic rings. The van der Waals surface area contributed by atoms with Crippen LogP contribution in [0.15, 0.2) is 30.3 Å². The summed E-state index contributed by atoms with van der Waals surface area (Å²) in [5.74, 6) is 1.73. The molecule has 7 heteroatoms. The van der Waals surface area contributed by atoms with E-state index < -0.39 is 0 Å². The molecule has 162 valence electrons. The van der Waals surface area contributed by atoms with Crippen LogP contribution in [0.2, 0.25) is 0 Å². The number of rotatable bonds is 8. The number of hydrogen-bond acceptors (Lipinski definition) is 7. The van der Waals surface area contributed by atoms with Gasteiger partial charge in [0.05, 0.1) is 16.4 Å². The number of anilines is 1. The minimum atomic E-state index is -0.0949. The first-order chi connectivity index (χ1) is 15.1. The molecule has 5 rings (SSSR count). The van der Waals surface area contributed by atoms with Crippen LogP contribution in [0.3, 0.4) is 0 Å². The van der Waals surface area contributed by atoms with E-state index in [0.29, 0.717) is 30.6 Å². The standard InChI is InChI=1S/C24H28N4O2S/c1-15(16-7-4-3-5-8-16)13-19(29)18-9-6-12-28(18)24-27-23-22(31-24)21(17-10-11-17)25-20(26-23)14-30-2/h3-5,7-8,15,17-18H,6,9-14H2,1-2H3/t15-,18+/m0/s1. The highest BCUT2D eigenvalue weighted by molar-refractivity contribution is 7.22. The van der Waals surface area contributed by atoms with E-state index in [4.69, 9.17) is 14.7 Å². The Hall–Kier alpha value is -2.38. The van der Waals surface area contributed by atoms with E-state index in [1.54, 1.807) is 18.4 Å². The lowest BCUT2D eigenvalue weighted by Gasteiger charge is -2.24. The fourth-order valence-electron chi connectivity index (χ4n) is 4.50. The normalized spacial score (nSPS) is 19.8. The molecule has 0 spiro atoms. The molecule has 1 saturated heterocycles. The highest BCUT2D eigenvalue weighted by Crippen LogP contribution is 2.45. The molecule has 1 aromatic carbocycles. The first-order valence-corrected chi connectivity index (χ1v) is 12.0. The summed E-state index contributed by atoms with van der Waals surface area (Å²) in [7, 11) is 1.66. The fourth-order valence-corrected chi connectivity index (χ4v) is 5.65. The maximum Gasteiger partial charge on any atom is 0.188 e. The summed E-state index contributed by atoms with van der Waals surface area (Å²) in [6.45, 7) is 3.40. The smallest absolute Gasteiger partial charge is 0.188 e. The Kier molecular flexibility index (Phi) is 5.71. The molecule has 2 fully saturated rings. The lowest BCUT2D eigenvalue weighted by Crippen LogP contribution is -2.36. The molecule has 1 saturated carbocycles. The van der Waals surface area contributed by atoms with Gasteiger partial charge in [-0.05, 0) is 37.2 Å². The van der Waals surface area contributed by atoms with Crippen molar-refractivity contribution >= 4 is 32.6 Å². The number of Topliss-reactive ketones (excluding diaryl/α,β-unsaturated/α-hetero) is 1. The van der Waals surface area contributed by atoms with Crippen molar-refractivity contribution in [3.63, 3.8) is 0 Å². The van der Waals surface area contributed by atoms with E-state index in [1.807, 2.05) is 18.2 Å². The predicted octanol–water partition coefficient (Wildman–Crippen LogP) is 4.84. The molecule has 0 radical (unpaired) electrons. The molecule has 1 aliphatic heterocycles. The summed E-state index contributed by atoms with van der Waals surface area (Å²) in [5.41, 5.74) is 3.08. The molecule has 31 heavy (non-hydrogen) atoms. The zero-order valence-corrected chi connectivity index (χ0v) is 18.9. The van der Waals surface area contributed by atoms with E-state index in [0.717, 1.165) is 40.6 Å². The van der Waals surface area contributed by atoms with Crippen molar-refractivity contribution in [2.45, 2.75) is 63.5 Å². The second-order valence-electron chi connectivity index (χ2n) is 8.72. The molecule has 6 nitrogen and oxygen atoms in total. The number of methoxy groups -OCH3 is 1. The number of ketones is 1. The number of nitrogens with zero attached hydrogens (tertiary/aromatic N) is 4. The van der Waals surface area contributed by atoms with Crippen molar-refractivity contribution in [3.05, 3.63) is 47.4 Å². The van der Waals surface area contributed by atoms with E-state index in [1.165, 1.54) is 18.4 Å². The van der Waals surface area contributed by atoms with Crippen LogP contribution in [0, 0.1) is 0 Å². The molecule has 0 N–H and O–H groups in total. The maximum atomic E-state index is 13.2. The van der Waals surface area contributed by atoms with Crippen molar-refractivity contribution in [2.24, 2.45) is 0 Å². The lowest BCUT2D eigenvalue weighted by atomic mass is 9.93. The van der Waals surface area contributed by atoms with Crippen molar-refractivity contribution in [1.29, 1.82) is 0 Å². The summed E-state index contributed by atoms with van der Waals surface area (Å²) in [6.07, 6.45) is 4.82. The van der Waals surface area contributed by atoms with Crippen LogP contribution in [0.5, 0.6) is 0 Å². The van der Waals surface area contributed by atoms with Gasteiger partial charge in [-0.25, -0.2) is 9.97 Å². The van der Waals surface area contributed by atoms with Gasteiger partial charge in [-0.1, -0.05) is 48.6 Å². The van der Waals surface area contributed by atoms with Crippen molar-refractivity contribution in [2.75, 3.05) is 18.6 Å². The number of hydrogen-bond donors (Lipinski definition) is 0. The maximum absolute atomic E-state index is 13.2. The van der Waals surface area contributed by atoms with Gasteiger partial charge in [-0.3, -0.25) is 4.79 Å². The lowest BCUT2D eigenvalue weighted by molar-refractivity contribution is -0.120. The summed E-state index contributed by atoms with van der Waals surface area (Å²) < 4.78 is 6.33. The topological polar surface area (TPSA) is 68.2 Å². The number of thiazole rings is 1. The van der Waals surface area contributed by atoms with Crippen LogP contribution in [-0.2, 0) is 16.1 Å². The number of carbonyl (C=O) groups is 1. The average molecular weight is 437 g/mol. The predicted molar refractivity (Wildman–Crippen MR) is 123 cm³/mol. The third-order valence-corrected chi connectivity index (χ3v) is 7.40. The molecule has 0 amide bonds. The minimum absolute atomic E-state index is 0.0949. The Balaban J connectivity index is 1.40. The van der Waals surface area contributed by atoms with Crippen LogP contribution >= 0.6 is 11.3 Å². The van der Waals surface area contributed by atoms with Gasteiger partial charge in [-0.15, -0.1) is 0 Å². The van der Waals surface area contributed by atoms with Crippen LogP contribution < -0.4 is 4.90 Å². The van der Waals surface area contributed by atoms with E-state index in [-0.39, 0.29) is 12.0 Å². The largest absolute Gasteiger partial charge is 0.377 e. The number of aromatic nitrogens is 3. The third kappa shape index (κ3) is 4.21. The monoisotopic (exact) mass is 436 g/mol. The van der Waals surface area contributed by atoms with Crippen LogP contribution in [0.1, 0.15) is 67.9 Å². The van der Waals surface area contributed by atoms with Crippen LogP contribution in [0.25, 0.3) is 10.3 Å². The first kappa shape index (κ1) is 20.5. The molecular weight excluding hydrogens is 408 g/mol.